The number of esters is 1. The summed E-state index contributed by atoms with van der Waals surface area (Å²) in [4.78, 5) is 25.9. The number of methoxy groups -OCH3 is 1. The quantitative estimate of drug-likeness (QED) is 0.173. The third kappa shape index (κ3) is 5.82. The standard InChI is InChI=1S/C25H26N4O4/c1-28-14-16-7-12-20(19-5-3-4-6-21(19)25(31)33-15-32-2)22(13-16)24(30)29-18-10-8-17(9-11-18)23(26)27/h3-13,28H,14-15H2,1-2H3,(H3,26,27)(H,29,30). The lowest BCUT2D eigenvalue weighted by Gasteiger charge is -2.15. The third-order valence-electron chi connectivity index (χ3n) is 4.91. The topological polar surface area (TPSA) is 127 Å². The Kier molecular flexibility index (Phi) is 7.91. The molecule has 170 valence electrons. The molecule has 3 aromatic rings. The summed E-state index contributed by atoms with van der Waals surface area (Å²) in [6.07, 6.45) is 0. The van der Waals surface area contributed by atoms with Gasteiger partial charge >= 0.3 is 5.97 Å². The highest BCUT2D eigenvalue weighted by Crippen LogP contribution is 2.29. The van der Waals surface area contributed by atoms with E-state index >= 15 is 0 Å². The van der Waals surface area contributed by atoms with Crippen molar-refractivity contribution < 1.29 is 19.1 Å². The second-order valence-corrected chi connectivity index (χ2v) is 7.24. The average molecular weight is 447 g/mol. The Morgan fingerprint density at radius 2 is 1.67 bits per heavy atom. The van der Waals surface area contributed by atoms with E-state index in [0.29, 0.717) is 40.0 Å². The number of benzene rings is 3. The minimum absolute atomic E-state index is 0.0492. The molecule has 0 atom stereocenters. The first-order chi connectivity index (χ1) is 15.9. The zero-order valence-electron chi connectivity index (χ0n) is 18.5. The number of amidine groups is 1. The molecule has 0 saturated carbocycles. The summed E-state index contributed by atoms with van der Waals surface area (Å²) in [6, 6.07) is 19.2. The van der Waals surface area contributed by atoms with Crippen LogP contribution >= 0.6 is 0 Å². The SMILES string of the molecule is CNCc1ccc(-c2ccccc2C(=O)OCOC)c(C(=O)Nc2ccc(C(=N)N)cc2)c1. The number of nitrogen functional groups attached to an aromatic ring is 1. The zero-order chi connectivity index (χ0) is 23.8. The van der Waals surface area contributed by atoms with Gasteiger partial charge in [-0.25, -0.2) is 4.79 Å². The number of rotatable bonds is 9. The van der Waals surface area contributed by atoms with Crippen LogP contribution in [0.4, 0.5) is 5.69 Å². The Labute approximate surface area is 192 Å². The van der Waals surface area contributed by atoms with E-state index in [1.165, 1.54) is 7.11 Å². The van der Waals surface area contributed by atoms with Crippen molar-refractivity contribution in [1.82, 2.24) is 5.32 Å². The Morgan fingerprint density at radius 1 is 0.970 bits per heavy atom. The van der Waals surface area contributed by atoms with Crippen LogP contribution in [0.15, 0.2) is 66.7 Å². The van der Waals surface area contributed by atoms with Crippen LogP contribution < -0.4 is 16.4 Å². The second kappa shape index (κ2) is 11.0. The fourth-order valence-electron chi connectivity index (χ4n) is 3.35. The summed E-state index contributed by atoms with van der Waals surface area (Å²) in [5.74, 6) is -0.927. The minimum Gasteiger partial charge on any atom is -0.435 e. The van der Waals surface area contributed by atoms with Crippen molar-refractivity contribution in [3.63, 3.8) is 0 Å². The van der Waals surface area contributed by atoms with Gasteiger partial charge in [0.15, 0.2) is 6.79 Å². The molecule has 0 aliphatic heterocycles. The van der Waals surface area contributed by atoms with Crippen LogP contribution in [0.1, 0.15) is 31.8 Å². The Morgan fingerprint density at radius 3 is 2.33 bits per heavy atom. The Bertz CT molecular complexity index is 1160. The van der Waals surface area contributed by atoms with Gasteiger partial charge in [0.05, 0.1) is 5.56 Å². The first-order valence-corrected chi connectivity index (χ1v) is 10.2. The average Bonchev–Trinajstić information content (AvgIpc) is 2.83. The fourth-order valence-corrected chi connectivity index (χ4v) is 3.35. The van der Waals surface area contributed by atoms with Gasteiger partial charge < -0.3 is 25.8 Å². The van der Waals surface area contributed by atoms with Crippen LogP contribution in [-0.4, -0.2) is 38.7 Å². The predicted octanol–water partition coefficient (Wildman–Crippen LogP) is 3.37. The number of carbonyl (C=O) groups excluding carboxylic acids is 2. The van der Waals surface area contributed by atoms with Gasteiger partial charge in [0.25, 0.3) is 5.91 Å². The van der Waals surface area contributed by atoms with Crippen molar-refractivity contribution in [2.45, 2.75) is 6.54 Å². The van der Waals surface area contributed by atoms with Gasteiger partial charge in [0.2, 0.25) is 0 Å². The van der Waals surface area contributed by atoms with E-state index < -0.39 is 5.97 Å². The van der Waals surface area contributed by atoms with Crippen molar-refractivity contribution in [2.75, 3.05) is 26.3 Å². The van der Waals surface area contributed by atoms with Gasteiger partial charge in [0, 0.05) is 30.5 Å². The molecular formula is C25H26N4O4. The van der Waals surface area contributed by atoms with Crippen molar-refractivity contribution >= 4 is 23.4 Å². The lowest BCUT2D eigenvalue weighted by atomic mass is 9.93. The van der Waals surface area contributed by atoms with E-state index in [1.54, 1.807) is 54.6 Å². The highest BCUT2D eigenvalue weighted by molar-refractivity contribution is 6.10. The van der Waals surface area contributed by atoms with Gasteiger partial charge in [0.1, 0.15) is 5.84 Å². The molecule has 0 aliphatic carbocycles. The van der Waals surface area contributed by atoms with Crippen LogP contribution in [0.25, 0.3) is 11.1 Å². The van der Waals surface area contributed by atoms with E-state index in [4.69, 9.17) is 20.6 Å². The third-order valence-corrected chi connectivity index (χ3v) is 4.91. The van der Waals surface area contributed by atoms with Gasteiger partial charge in [-0.2, -0.15) is 0 Å². The lowest BCUT2D eigenvalue weighted by molar-refractivity contribution is -0.0124. The first-order valence-electron chi connectivity index (χ1n) is 10.2. The number of hydrogen-bond donors (Lipinski definition) is 4. The zero-order valence-corrected chi connectivity index (χ0v) is 18.5. The van der Waals surface area contributed by atoms with Gasteiger partial charge in [-0.1, -0.05) is 30.3 Å². The summed E-state index contributed by atoms with van der Waals surface area (Å²) >= 11 is 0. The molecule has 33 heavy (non-hydrogen) atoms. The molecule has 8 heteroatoms. The second-order valence-electron chi connectivity index (χ2n) is 7.24. The summed E-state index contributed by atoms with van der Waals surface area (Å²) in [5.41, 5.74) is 9.44. The number of ether oxygens (including phenoxy) is 2. The number of carbonyl (C=O) groups is 2. The molecule has 3 rings (SSSR count). The largest absolute Gasteiger partial charge is 0.435 e. The van der Waals surface area contributed by atoms with E-state index in [0.717, 1.165) is 5.56 Å². The van der Waals surface area contributed by atoms with Crippen LogP contribution in [-0.2, 0) is 16.0 Å². The molecule has 0 heterocycles. The molecule has 1 amide bonds. The summed E-state index contributed by atoms with van der Waals surface area (Å²) in [6.45, 7) is 0.406. The van der Waals surface area contributed by atoms with Crippen LogP contribution in [0.5, 0.6) is 0 Å². The highest BCUT2D eigenvalue weighted by atomic mass is 16.7. The number of hydrogen-bond acceptors (Lipinski definition) is 6. The van der Waals surface area contributed by atoms with Crippen LogP contribution in [0.2, 0.25) is 0 Å². The smallest absolute Gasteiger partial charge is 0.340 e. The first kappa shape index (κ1) is 23.6. The van der Waals surface area contributed by atoms with E-state index in [1.807, 2.05) is 19.2 Å². The molecule has 0 aliphatic rings. The van der Waals surface area contributed by atoms with E-state index in [9.17, 15) is 9.59 Å². The molecule has 5 N–H and O–H groups in total. The lowest BCUT2D eigenvalue weighted by Crippen LogP contribution is -2.16. The molecule has 0 fully saturated rings. The molecule has 0 aromatic heterocycles. The molecule has 0 saturated heterocycles. The van der Waals surface area contributed by atoms with Crippen LogP contribution in [0, 0.1) is 5.41 Å². The maximum atomic E-state index is 13.3. The molecule has 0 radical (unpaired) electrons. The van der Waals surface area contributed by atoms with Crippen LogP contribution in [0.3, 0.4) is 0 Å². The van der Waals surface area contributed by atoms with Gasteiger partial charge in [-0.15, -0.1) is 0 Å². The van der Waals surface area contributed by atoms with Gasteiger partial charge in [-0.3, -0.25) is 10.2 Å². The fraction of sp³-hybridized carbons (Fsp3) is 0.160. The minimum atomic E-state index is -0.544. The maximum Gasteiger partial charge on any atom is 0.340 e. The molecule has 0 spiro atoms. The number of nitrogens with two attached hydrogens (primary N) is 1. The summed E-state index contributed by atoms with van der Waals surface area (Å²) < 4.78 is 9.97. The highest BCUT2D eigenvalue weighted by Gasteiger charge is 2.20. The molecule has 8 nitrogen and oxygen atoms in total. The summed E-state index contributed by atoms with van der Waals surface area (Å²) in [5, 5.41) is 13.5. The summed E-state index contributed by atoms with van der Waals surface area (Å²) in [7, 11) is 3.26. The van der Waals surface area contributed by atoms with Gasteiger partial charge in [-0.05, 0) is 60.1 Å². The maximum absolute atomic E-state index is 13.3. The monoisotopic (exact) mass is 446 g/mol. The number of amides is 1. The van der Waals surface area contributed by atoms with E-state index in [2.05, 4.69) is 10.6 Å². The number of nitrogens with one attached hydrogen (secondary N) is 3. The van der Waals surface area contributed by atoms with Crippen molar-refractivity contribution in [3.05, 3.63) is 89.0 Å². The Balaban J connectivity index is 2.01. The molecule has 3 aromatic carbocycles. The molecule has 0 bridgehead atoms. The predicted molar refractivity (Wildman–Crippen MR) is 127 cm³/mol. The van der Waals surface area contributed by atoms with Crippen molar-refractivity contribution in [2.24, 2.45) is 5.73 Å². The Hall–Kier alpha value is -4.01. The number of anilines is 1. The van der Waals surface area contributed by atoms with Crippen molar-refractivity contribution in [3.8, 4) is 11.1 Å². The molecule has 0 unspecified atom stereocenters. The molecular weight excluding hydrogens is 420 g/mol. The normalized spacial score (nSPS) is 10.5. The van der Waals surface area contributed by atoms with E-state index in [-0.39, 0.29) is 18.5 Å². The van der Waals surface area contributed by atoms with Crippen molar-refractivity contribution in [1.29, 1.82) is 5.41 Å².